The van der Waals surface area contributed by atoms with E-state index in [9.17, 15) is 14.7 Å². The van der Waals surface area contributed by atoms with Crippen molar-refractivity contribution in [2.24, 2.45) is 11.3 Å². The molecule has 1 aromatic heterocycles. The summed E-state index contributed by atoms with van der Waals surface area (Å²) < 4.78 is 0. The smallest absolute Gasteiger partial charge is 0.310 e. The molecule has 6 heteroatoms. The van der Waals surface area contributed by atoms with Gasteiger partial charge in [0, 0.05) is 12.6 Å². The van der Waals surface area contributed by atoms with Crippen LogP contribution in [0.15, 0.2) is 12.4 Å². The highest BCUT2D eigenvalue weighted by molar-refractivity contribution is 5.84. The van der Waals surface area contributed by atoms with E-state index in [0.29, 0.717) is 5.69 Å². The largest absolute Gasteiger partial charge is 0.481 e. The van der Waals surface area contributed by atoms with E-state index in [4.69, 9.17) is 0 Å². The predicted octanol–water partition coefficient (Wildman–Crippen LogP) is 1.54. The van der Waals surface area contributed by atoms with Crippen LogP contribution in [0.1, 0.15) is 38.6 Å². The minimum Gasteiger partial charge on any atom is -0.481 e. The average molecular weight is 279 g/mol. The molecule has 1 unspecified atom stereocenters. The van der Waals surface area contributed by atoms with Crippen LogP contribution in [-0.4, -0.2) is 27.0 Å². The second-order valence-electron chi connectivity index (χ2n) is 5.48. The van der Waals surface area contributed by atoms with E-state index < -0.39 is 11.4 Å². The normalized spacial score (nSPS) is 13.8. The van der Waals surface area contributed by atoms with Crippen LogP contribution in [0.25, 0.3) is 0 Å². The SMILES string of the molecule is Cc1cnc(CNC(=O)CC(C)(C(=O)O)C(C)C)cn1. The van der Waals surface area contributed by atoms with Crippen molar-refractivity contribution in [1.29, 1.82) is 0 Å². The Morgan fingerprint density at radius 2 is 2.00 bits per heavy atom. The molecule has 1 heterocycles. The number of aromatic nitrogens is 2. The fraction of sp³-hybridized carbons (Fsp3) is 0.571. The fourth-order valence-corrected chi connectivity index (χ4v) is 1.62. The van der Waals surface area contributed by atoms with Gasteiger partial charge in [-0.15, -0.1) is 0 Å². The Labute approximate surface area is 118 Å². The Morgan fingerprint density at radius 3 is 2.45 bits per heavy atom. The maximum absolute atomic E-state index is 11.9. The minimum atomic E-state index is -1.07. The van der Waals surface area contributed by atoms with Gasteiger partial charge in [-0.25, -0.2) is 0 Å². The molecule has 0 aliphatic rings. The molecular weight excluding hydrogens is 258 g/mol. The van der Waals surface area contributed by atoms with Gasteiger partial charge in [-0.2, -0.15) is 0 Å². The maximum atomic E-state index is 11.9. The van der Waals surface area contributed by atoms with Gasteiger partial charge in [-0.1, -0.05) is 13.8 Å². The van der Waals surface area contributed by atoms with E-state index in [-0.39, 0.29) is 24.8 Å². The Balaban J connectivity index is 2.59. The van der Waals surface area contributed by atoms with E-state index in [1.807, 2.05) is 6.92 Å². The molecule has 0 aliphatic heterocycles. The van der Waals surface area contributed by atoms with Crippen LogP contribution in [0.2, 0.25) is 0 Å². The molecule has 0 saturated heterocycles. The van der Waals surface area contributed by atoms with Crippen molar-refractivity contribution in [3.63, 3.8) is 0 Å². The first-order valence-corrected chi connectivity index (χ1v) is 6.53. The lowest BCUT2D eigenvalue weighted by Gasteiger charge is -2.28. The summed E-state index contributed by atoms with van der Waals surface area (Å²) in [5.41, 5.74) is 0.382. The first-order valence-electron chi connectivity index (χ1n) is 6.53. The predicted molar refractivity (Wildman–Crippen MR) is 73.8 cm³/mol. The zero-order valence-corrected chi connectivity index (χ0v) is 12.3. The third-order valence-corrected chi connectivity index (χ3v) is 3.59. The van der Waals surface area contributed by atoms with Gasteiger partial charge >= 0.3 is 5.97 Å². The molecule has 0 radical (unpaired) electrons. The maximum Gasteiger partial charge on any atom is 0.310 e. The number of rotatable bonds is 6. The van der Waals surface area contributed by atoms with Crippen LogP contribution in [0.3, 0.4) is 0 Å². The summed E-state index contributed by atoms with van der Waals surface area (Å²) in [6.07, 6.45) is 3.16. The summed E-state index contributed by atoms with van der Waals surface area (Å²) in [5, 5.41) is 11.9. The van der Waals surface area contributed by atoms with Gasteiger partial charge in [0.05, 0.1) is 29.5 Å². The summed E-state index contributed by atoms with van der Waals surface area (Å²) in [7, 11) is 0. The molecule has 1 amide bonds. The topological polar surface area (TPSA) is 92.2 Å². The Bertz CT molecular complexity index is 485. The summed E-state index contributed by atoms with van der Waals surface area (Å²) in [4.78, 5) is 31.4. The van der Waals surface area contributed by atoms with Crippen LogP contribution in [0.4, 0.5) is 0 Å². The molecule has 110 valence electrons. The number of carboxylic acids is 1. The van der Waals surface area contributed by atoms with Crippen LogP contribution < -0.4 is 5.32 Å². The van der Waals surface area contributed by atoms with Crippen molar-refractivity contribution < 1.29 is 14.7 Å². The van der Waals surface area contributed by atoms with Gasteiger partial charge in [0.2, 0.25) is 5.91 Å². The number of carboxylic acid groups (broad SMARTS) is 1. The molecule has 0 bridgehead atoms. The molecule has 0 aliphatic carbocycles. The molecular formula is C14H21N3O3. The fourth-order valence-electron chi connectivity index (χ4n) is 1.62. The number of aryl methyl sites for hydroxylation is 1. The van der Waals surface area contributed by atoms with Crippen molar-refractivity contribution in [3.8, 4) is 0 Å². The van der Waals surface area contributed by atoms with E-state index in [2.05, 4.69) is 15.3 Å². The molecule has 1 atom stereocenters. The zero-order valence-electron chi connectivity index (χ0n) is 12.3. The third-order valence-electron chi connectivity index (χ3n) is 3.59. The van der Waals surface area contributed by atoms with Crippen molar-refractivity contribution in [3.05, 3.63) is 23.8 Å². The average Bonchev–Trinajstić information content (AvgIpc) is 2.37. The highest BCUT2D eigenvalue weighted by atomic mass is 16.4. The van der Waals surface area contributed by atoms with E-state index >= 15 is 0 Å². The lowest BCUT2D eigenvalue weighted by molar-refractivity contribution is -0.153. The number of nitrogens with zero attached hydrogens (tertiary/aromatic N) is 2. The van der Waals surface area contributed by atoms with Crippen LogP contribution in [0, 0.1) is 18.3 Å². The lowest BCUT2D eigenvalue weighted by atomic mass is 9.76. The second kappa shape index (κ2) is 6.45. The van der Waals surface area contributed by atoms with Gasteiger partial charge in [0.15, 0.2) is 0 Å². The summed E-state index contributed by atoms with van der Waals surface area (Å²) in [6.45, 7) is 7.27. The first-order chi connectivity index (χ1) is 9.25. The van der Waals surface area contributed by atoms with E-state index in [1.54, 1.807) is 33.2 Å². The quantitative estimate of drug-likeness (QED) is 0.824. The van der Waals surface area contributed by atoms with E-state index in [1.165, 1.54) is 0 Å². The van der Waals surface area contributed by atoms with Crippen LogP contribution in [0.5, 0.6) is 0 Å². The molecule has 2 N–H and O–H groups in total. The number of nitrogens with one attached hydrogen (secondary N) is 1. The Hall–Kier alpha value is -1.98. The zero-order chi connectivity index (χ0) is 15.3. The number of hydrogen-bond acceptors (Lipinski definition) is 4. The standard InChI is InChI=1S/C14H21N3O3/c1-9(2)14(4,13(19)20)5-12(18)17-8-11-7-15-10(3)6-16-11/h6-7,9H,5,8H2,1-4H3,(H,17,18)(H,19,20). The molecule has 0 aromatic carbocycles. The van der Waals surface area contributed by atoms with Gasteiger partial charge in [0.25, 0.3) is 0 Å². The van der Waals surface area contributed by atoms with E-state index in [0.717, 1.165) is 5.69 Å². The molecule has 1 aromatic rings. The number of carbonyl (C=O) groups is 2. The molecule has 0 spiro atoms. The number of hydrogen-bond donors (Lipinski definition) is 2. The van der Waals surface area contributed by atoms with Crippen molar-refractivity contribution in [2.75, 3.05) is 0 Å². The van der Waals surface area contributed by atoms with Gasteiger partial charge < -0.3 is 10.4 Å². The molecule has 20 heavy (non-hydrogen) atoms. The number of aliphatic carboxylic acids is 1. The summed E-state index contributed by atoms with van der Waals surface area (Å²) in [6, 6.07) is 0. The molecule has 6 nitrogen and oxygen atoms in total. The number of carbonyl (C=O) groups excluding carboxylic acids is 1. The van der Waals surface area contributed by atoms with Crippen LogP contribution >= 0.6 is 0 Å². The Kier molecular flexibility index (Phi) is 5.19. The monoisotopic (exact) mass is 279 g/mol. The minimum absolute atomic E-state index is 0.0563. The summed E-state index contributed by atoms with van der Waals surface area (Å²) in [5.74, 6) is -1.39. The van der Waals surface area contributed by atoms with Gasteiger partial charge in [-0.05, 0) is 19.8 Å². The third kappa shape index (κ3) is 4.01. The summed E-state index contributed by atoms with van der Waals surface area (Å²) >= 11 is 0. The van der Waals surface area contributed by atoms with Crippen molar-refractivity contribution >= 4 is 11.9 Å². The first kappa shape index (κ1) is 16.1. The highest BCUT2D eigenvalue weighted by Gasteiger charge is 2.38. The van der Waals surface area contributed by atoms with Crippen molar-refractivity contribution in [1.82, 2.24) is 15.3 Å². The molecule has 0 fully saturated rings. The Morgan fingerprint density at radius 1 is 1.35 bits per heavy atom. The number of amides is 1. The van der Waals surface area contributed by atoms with Crippen LogP contribution in [-0.2, 0) is 16.1 Å². The van der Waals surface area contributed by atoms with Crippen molar-refractivity contribution in [2.45, 2.75) is 40.7 Å². The molecule has 1 rings (SSSR count). The second-order valence-corrected chi connectivity index (χ2v) is 5.48. The van der Waals surface area contributed by atoms with Gasteiger partial charge in [-0.3, -0.25) is 19.6 Å². The lowest BCUT2D eigenvalue weighted by Crippen LogP contribution is -2.39. The molecule has 0 saturated carbocycles. The highest BCUT2D eigenvalue weighted by Crippen LogP contribution is 2.31. The van der Waals surface area contributed by atoms with Gasteiger partial charge in [0.1, 0.15) is 0 Å².